The zero-order chi connectivity index (χ0) is 14.1. The number of carbonyl (C=O) groups is 1. The molecule has 0 radical (unpaired) electrons. The Bertz CT molecular complexity index is 621. The van der Waals surface area contributed by atoms with Crippen LogP contribution in [0.4, 0.5) is 5.69 Å². The van der Waals surface area contributed by atoms with Gasteiger partial charge in [-0.2, -0.15) is 11.8 Å². The third-order valence-corrected chi connectivity index (χ3v) is 6.66. The molecule has 3 heterocycles. The number of nitrogens with two attached hydrogens (primary N) is 1. The van der Waals surface area contributed by atoms with Crippen LogP contribution in [0, 0.1) is 0 Å². The van der Waals surface area contributed by atoms with Gasteiger partial charge in [0.2, 0.25) is 0 Å². The van der Waals surface area contributed by atoms with Crippen LogP contribution in [-0.4, -0.2) is 18.3 Å². The molecule has 0 fully saturated rings. The fraction of sp³-hybridized carbons (Fsp3) is 0.357. The minimum absolute atomic E-state index is 0.321. The van der Waals surface area contributed by atoms with Crippen molar-refractivity contribution in [3.8, 4) is 9.75 Å². The van der Waals surface area contributed by atoms with Gasteiger partial charge in [-0.3, -0.25) is 0 Å². The van der Waals surface area contributed by atoms with E-state index in [9.17, 15) is 4.79 Å². The number of thiophene rings is 2. The van der Waals surface area contributed by atoms with Crippen molar-refractivity contribution in [2.75, 3.05) is 18.1 Å². The molecule has 3 nitrogen and oxygen atoms in total. The minimum Gasteiger partial charge on any atom is -0.462 e. The maximum Gasteiger partial charge on any atom is 0.350 e. The number of hydrogen-bond donors (Lipinski definition) is 1. The quantitative estimate of drug-likeness (QED) is 0.866. The SMILES string of the molecule is CCOC(=O)c1sc(-c2cc3c(s2)CCSC3)cc1N. The van der Waals surface area contributed by atoms with Crippen molar-refractivity contribution < 1.29 is 9.53 Å². The predicted octanol–water partition coefficient (Wildman–Crippen LogP) is 4.02. The molecule has 1 aliphatic rings. The van der Waals surface area contributed by atoms with Crippen LogP contribution >= 0.6 is 34.4 Å². The molecule has 3 rings (SSSR count). The van der Waals surface area contributed by atoms with Crippen molar-refractivity contribution in [3.05, 3.63) is 27.5 Å². The largest absolute Gasteiger partial charge is 0.462 e. The number of carbonyl (C=O) groups excluding carboxylic acids is 1. The van der Waals surface area contributed by atoms with Crippen molar-refractivity contribution in [3.63, 3.8) is 0 Å². The van der Waals surface area contributed by atoms with E-state index in [0.717, 1.165) is 17.1 Å². The number of aryl methyl sites for hydroxylation is 1. The monoisotopic (exact) mass is 325 g/mol. The number of rotatable bonds is 3. The normalized spacial score (nSPS) is 14.1. The highest BCUT2D eigenvalue weighted by Crippen LogP contribution is 2.41. The molecule has 106 valence electrons. The number of esters is 1. The van der Waals surface area contributed by atoms with Crippen molar-refractivity contribution >= 4 is 46.1 Å². The van der Waals surface area contributed by atoms with Crippen molar-refractivity contribution in [2.45, 2.75) is 19.1 Å². The van der Waals surface area contributed by atoms with Crippen LogP contribution < -0.4 is 5.73 Å². The van der Waals surface area contributed by atoms with E-state index in [2.05, 4.69) is 6.07 Å². The molecule has 0 spiro atoms. The predicted molar refractivity (Wildman–Crippen MR) is 87.9 cm³/mol. The molecule has 0 saturated heterocycles. The summed E-state index contributed by atoms with van der Waals surface area (Å²) in [5.41, 5.74) is 7.90. The molecule has 20 heavy (non-hydrogen) atoms. The summed E-state index contributed by atoms with van der Waals surface area (Å²) in [5, 5.41) is 0. The van der Waals surface area contributed by atoms with Crippen molar-refractivity contribution in [1.29, 1.82) is 0 Å². The van der Waals surface area contributed by atoms with Crippen LogP contribution in [0.3, 0.4) is 0 Å². The van der Waals surface area contributed by atoms with Crippen LogP contribution in [0.1, 0.15) is 27.0 Å². The van der Waals surface area contributed by atoms with E-state index in [0.29, 0.717) is 17.2 Å². The van der Waals surface area contributed by atoms with Crippen molar-refractivity contribution in [1.82, 2.24) is 0 Å². The van der Waals surface area contributed by atoms with Crippen LogP contribution in [0.2, 0.25) is 0 Å². The summed E-state index contributed by atoms with van der Waals surface area (Å²) in [5.74, 6) is 1.98. The van der Waals surface area contributed by atoms with Crippen molar-refractivity contribution in [2.24, 2.45) is 0 Å². The molecule has 2 N–H and O–H groups in total. The van der Waals surface area contributed by atoms with Gasteiger partial charge in [0.25, 0.3) is 0 Å². The van der Waals surface area contributed by atoms with E-state index in [-0.39, 0.29) is 5.97 Å². The Morgan fingerprint density at radius 2 is 2.15 bits per heavy atom. The van der Waals surface area contributed by atoms with E-state index >= 15 is 0 Å². The molecule has 0 amide bonds. The zero-order valence-corrected chi connectivity index (χ0v) is 13.6. The van der Waals surface area contributed by atoms with Gasteiger partial charge in [0, 0.05) is 20.4 Å². The first-order valence-corrected chi connectivity index (χ1v) is 9.24. The van der Waals surface area contributed by atoms with Gasteiger partial charge < -0.3 is 10.5 Å². The summed E-state index contributed by atoms with van der Waals surface area (Å²) in [7, 11) is 0. The Labute approximate surface area is 130 Å². The summed E-state index contributed by atoms with van der Waals surface area (Å²) in [6.45, 7) is 2.17. The van der Waals surface area contributed by atoms with Crippen LogP contribution in [0.15, 0.2) is 12.1 Å². The van der Waals surface area contributed by atoms with E-state index in [1.54, 1.807) is 6.92 Å². The highest BCUT2D eigenvalue weighted by molar-refractivity contribution is 7.98. The summed E-state index contributed by atoms with van der Waals surface area (Å²) in [6, 6.07) is 4.13. The maximum atomic E-state index is 11.8. The molecule has 1 aliphatic heterocycles. The lowest BCUT2D eigenvalue weighted by Gasteiger charge is -2.08. The van der Waals surface area contributed by atoms with Gasteiger partial charge >= 0.3 is 5.97 Å². The highest BCUT2D eigenvalue weighted by atomic mass is 32.2. The Morgan fingerprint density at radius 1 is 1.35 bits per heavy atom. The summed E-state index contributed by atoms with van der Waals surface area (Å²) >= 11 is 5.23. The van der Waals surface area contributed by atoms with Crippen LogP contribution in [0.25, 0.3) is 9.75 Å². The third-order valence-electron chi connectivity index (χ3n) is 3.09. The van der Waals surface area contributed by atoms with Gasteiger partial charge in [-0.15, -0.1) is 22.7 Å². The first-order chi connectivity index (χ1) is 9.69. The molecule has 0 aromatic carbocycles. The molecular weight excluding hydrogens is 310 g/mol. The number of anilines is 1. The molecule has 0 bridgehead atoms. The standard InChI is InChI=1S/C14H15NO2S3/c1-2-17-14(16)13-9(15)6-12(20-13)11-5-8-7-18-4-3-10(8)19-11/h5-6H,2-4,7,15H2,1H3. The smallest absolute Gasteiger partial charge is 0.350 e. The fourth-order valence-electron chi connectivity index (χ4n) is 2.15. The lowest BCUT2D eigenvalue weighted by atomic mass is 10.2. The third kappa shape index (κ3) is 2.60. The topological polar surface area (TPSA) is 52.3 Å². The maximum absolute atomic E-state index is 11.8. The van der Waals surface area contributed by atoms with Gasteiger partial charge in [-0.25, -0.2) is 4.79 Å². The molecule has 0 atom stereocenters. The van der Waals surface area contributed by atoms with Gasteiger partial charge in [-0.05, 0) is 36.8 Å². The highest BCUT2D eigenvalue weighted by Gasteiger charge is 2.19. The second-order valence-corrected chi connectivity index (χ2v) is 7.77. The average molecular weight is 325 g/mol. The Balaban J connectivity index is 1.92. The number of thioether (sulfide) groups is 1. The van der Waals surface area contributed by atoms with Crippen LogP contribution in [0.5, 0.6) is 0 Å². The van der Waals surface area contributed by atoms with Gasteiger partial charge in [0.1, 0.15) is 4.88 Å². The second-order valence-electron chi connectivity index (χ2n) is 4.48. The average Bonchev–Trinajstić information content (AvgIpc) is 3.02. The number of fused-ring (bicyclic) bond motifs is 1. The fourth-order valence-corrected chi connectivity index (χ4v) is 5.57. The Hall–Kier alpha value is -0.980. The number of ether oxygens (including phenoxy) is 1. The molecule has 6 heteroatoms. The first kappa shape index (κ1) is 14.0. The number of hydrogen-bond acceptors (Lipinski definition) is 6. The van der Waals surface area contributed by atoms with Crippen LogP contribution in [-0.2, 0) is 16.9 Å². The first-order valence-electron chi connectivity index (χ1n) is 6.45. The second kappa shape index (κ2) is 5.79. The molecule has 2 aromatic rings. The van der Waals surface area contributed by atoms with Gasteiger partial charge in [0.05, 0.1) is 12.3 Å². The summed E-state index contributed by atoms with van der Waals surface area (Å²) in [4.78, 5) is 16.1. The molecule has 0 aliphatic carbocycles. The summed E-state index contributed by atoms with van der Waals surface area (Å²) < 4.78 is 5.03. The van der Waals surface area contributed by atoms with E-state index < -0.39 is 0 Å². The van der Waals surface area contributed by atoms with E-state index in [1.807, 2.05) is 29.2 Å². The summed E-state index contributed by atoms with van der Waals surface area (Å²) in [6.07, 6.45) is 1.15. The molecular formula is C14H15NO2S3. The lowest BCUT2D eigenvalue weighted by molar-refractivity contribution is 0.0533. The Morgan fingerprint density at radius 3 is 2.90 bits per heavy atom. The molecule has 2 aromatic heterocycles. The van der Waals surface area contributed by atoms with E-state index in [4.69, 9.17) is 10.5 Å². The zero-order valence-electron chi connectivity index (χ0n) is 11.1. The van der Waals surface area contributed by atoms with Gasteiger partial charge in [-0.1, -0.05) is 0 Å². The Kier molecular flexibility index (Phi) is 4.05. The number of nitrogen functional groups attached to an aromatic ring is 1. The minimum atomic E-state index is -0.321. The lowest BCUT2D eigenvalue weighted by Crippen LogP contribution is -2.04. The van der Waals surface area contributed by atoms with Gasteiger partial charge in [0.15, 0.2) is 0 Å². The molecule has 0 unspecified atom stereocenters. The molecule has 0 saturated carbocycles. The van der Waals surface area contributed by atoms with E-state index in [1.165, 1.54) is 32.4 Å².